The molecular weight excluding hydrogens is 322 g/mol. The molecule has 0 saturated carbocycles. The maximum Gasteiger partial charge on any atom is 0.269 e. The molecule has 0 spiro atoms. The summed E-state index contributed by atoms with van der Waals surface area (Å²) in [5.74, 6) is -0.418. The van der Waals surface area contributed by atoms with Gasteiger partial charge in [0, 0.05) is 37.4 Å². The minimum atomic E-state index is -0.470. The second-order valence-electron chi connectivity index (χ2n) is 5.28. The molecule has 2 aromatic carbocycles. The van der Waals surface area contributed by atoms with Crippen LogP contribution in [0.2, 0.25) is 0 Å². The highest BCUT2D eigenvalue weighted by molar-refractivity contribution is 5.92. The maximum absolute atomic E-state index is 11.8. The van der Waals surface area contributed by atoms with Crippen molar-refractivity contribution in [1.82, 2.24) is 5.32 Å². The van der Waals surface area contributed by atoms with Gasteiger partial charge in [0.15, 0.2) is 0 Å². The molecule has 2 aromatic rings. The van der Waals surface area contributed by atoms with E-state index in [1.165, 1.54) is 25.1 Å². The summed E-state index contributed by atoms with van der Waals surface area (Å²) < 4.78 is 0. The first-order chi connectivity index (χ1) is 11.9. The standard InChI is InChI=1S/C18H17N3O4/c1-13(22)20-16-7-2-14(3-8-16)6-11-18(23)19-12-15-4-9-17(10-5-15)21(24)25/h2-11H,12H2,1H3,(H,19,23)(H,20,22). The zero-order valence-corrected chi connectivity index (χ0v) is 13.6. The Morgan fingerprint density at radius 3 is 2.28 bits per heavy atom. The van der Waals surface area contributed by atoms with Crippen molar-refractivity contribution in [2.45, 2.75) is 13.5 Å². The SMILES string of the molecule is CC(=O)Nc1ccc(C=CC(=O)NCc2ccc([N+](=O)[O-])cc2)cc1. The molecule has 0 radical (unpaired) electrons. The number of nitro benzene ring substituents is 1. The molecule has 0 bridgehead atoms. The topological polar surface area (TPSA) is 101 Å². The van der Waals surface area contributed by atoms with Crippen LogP contribution in [0.15, 0.2) is 54.6 Å². The second-order valence-corrected chi connectivity index (χ2v) is 5.28. The Labute approximate surface area is 144 Å². The second kappa shape index (κ2) is 8.39. The molecule has 0 heterocycles. The first-order valence-electron chi connectivity index (χ1n) is 7.51. The van der Waals surface area contributed by atoms with E-state index in [0.29, 0.717) is 5.69 Å². The van der Waals surface area contributed by atoms with Gasteiger partial charge in [-0.3, -0.25) is 19.7 Å². The molecule has 0 atom stereocenters. The van der Waals surface area contributed by atoms with Gasteiger partial charge in [0.05, 0.1) is 4.92 Å². The number of hydrogen-bond donors (Lipinski definition) is 2. The van der Waals surface area contributed by atoms with Gasteiger partial charge in [0.1, 0.15) is 0 Å². The molecule has 0 aliphatic heterocycles. The van der Waals surface area contributed by atoms with E-state index in [1.54, 1.807) is 42.5 Å². The fraction of sp³-hybridized carbons (Fsp3) is 0.111. The van der Waals surface area contributed by atoms with E-state index in [2.05, 4.69) is 10.6 Å². The predicted octanol–water partition coefficient (Wildman–Crippen LogP) is 2.88. The van der Waals surface area contributed by atoms with Crippen LogP contribution in [0, 0.1) is 10.1 Å². The van der Waals surface area contributed by atoms with Gasteiger partial charge in [-0.25, -0.2) is 0 Å². The molecule has 0 aliphatic rings. The number of benzene rings is 2. The largest absolute Gasteiger partial charge is 0.348 e. The molecular formula is C18H17N3O4. The Balaban J connectivity index is 1.85. The summed E-state index contributed by atoms with van der Waals surface area (Å²) in [6.07, 6.45) is 3.06. The summed E-state index contributed by atoms with van der Waals surface area (Å²) in [6, 6.07) is 13.1. The highest BCUT2D eigenvalue weighted by atomic mass is 16.6. The summed E-state index contributed by atoms with van der Waals surface area (Å²) in [7, 11) is 0. The molecule has 2 rings (SSSR count). The molecule has 0 aliphatic carbocycles. The molecule has 2 amide bonds. The van der Waals surface area contributed by atoms with Crippen LogP contribution in [0.4, 0.5) is 11.4 Å². The fourth-order valence-corrected chi connectivity index (χ4v) is 2.04. The molecule has 25 heavy (non-hydrogen) atoms. The van der Waals surface area contributed by atoms with Crippen molar-refractivity contribution in [1.29, 1.82) is 0 Å². The van der Waals surface area contributed by atoms with Gasteiger partial charge in [-0.05, 0) is 29.3 Å². The normalized spacial score (nSPS) is 10.4. The quantitative estimate of drug-likeness (QED) is 0.480. The summed E-state index contributed by atoms with van der Waals surface area (Å²) in [5, 5.41) is 15.9. The number of carbonyl (C=O) groups is 2. The van der Waals surface area contributed by atoms with Gasteiger partial charge in [-0.1, -0.05) is 24.3 Å². The minimum Gasteiger partial charge on any atom is -0.348 e. The summed E-state index contributed by atoms with van der Waals surface area (Å²) in [5.41, 5.74) is 2.29. The highest BCUT2D eigenvalue weighted by Crippen LogP contribution is 2.12. The third kappa shape index (κ3) is 5.91. The predicted molar refractivity (Wildman–Crippen MR) is 94.7 cm³/mol. The van der Waals surface area contributed by atoms with Gasteiger partial charge < -0.3 is 10.6 Å². The van der Waals surface area contributed by atoms with E-state index in [-0.39, 0.29) is 24.0 Å². The van der Waals surface area contributed by atoms with Crippen LogP contribution in [0.1, 0.15) is 18.1 Å². The zero-order chi connectivity index (χ0) is 18.2. The molecule has 128 valence electrons. The van der Waals surface area contributed by atoms with Crippen molar-refractivity contribution < 1.29 is 14.5 Å². The number of amides is 2. The van der Waals surface area contributed by atoms with E-state index in [0.717, 1.165) is 11.1 Å². The lowest BCUT2D eigenvalue weighted by molar-refractivity contribution is -0.384. The van der Waals surface area contributed by atoms with Crippen molar-refractivity contribution in [3.8, 4) is 0 Å². The monoisotopic (exact) mass is 339 g/mol. The van der Waals surface area contributed by atoms with Gasteiger partial charge in [0.2, 0.25) is 11.8 Å². The summed E-state index contributed by atoms with van der Waals surface area (Å²) >= 11 is 0. The van der Waals surface area contributed by atoms with Crippen molar-refractivity contribution >= 4 is 29.3 Å². The molecule has 7 heteroatoms. The molecule has 0 aromatic heterocycles. The fourth-order valence-electron chi connectivity index (χ4n) is 2.04. The van der Waals surface area contributed by atoms with E-state index >= 15 is 0 Å². The summed E-state index contributed by atoms with van der Waals surface area (Å²) in [4.78, 5) is 32.9. The van der Waals surface area contributed by atoms with Gasteiger partial charge in [-0.15, -0.1) is 0 Å². The Morgan fingerprint density at radius 2 is 1.72 bits per heavy atom. The summed E-state index contributed by atoms with van der Waals surface area (Å²) in [6.45, 7) is 1.71. The average molecular weight is 339 g/mol. The van der Waals surface area contributed by atoms with E-state index < -0.39 is 4.92 Å². The van der Waals surface area contributed by atoms with Crippen LogP contribution in [-0.2, 0) is 16.1 Å². The number of nitro groups is 1. The van der Waals surface area contributed by atoms with Crippen molar-refractivity contribution in [3.05, 3.63) is 75.8 Å². The molecule has 0 saturated heterocycles. The Bertz CT molecular complexity index is 796. The van der Waals surface area contributed by atoms with Crippen LogP contribution >= 0.6 is 0 Å². The smallest absolute Gasteiger partial charge is 0.269 e. The van der Waals surface area contributed by atoms with Gasteiger partial charge in [-0.2, -0.15) is 0 Å². The molecule has 2 N–H and O–H groups in total. The number of non-ortho nitro benzene ring substituents is 1. The minimum absolute atomic E-state index is 0.0117. The number of carbonyl (C=O) groups excluding carboxylic acids is 2. The van der Waals surface area contributed by atoms with Crippen LogP contribution < -0.4 is 10.6 Å². The Hall–Kier alpha value is -3.48. The van der Waals surface area contributed by atoms with Crippen LogP contribution in [0.5, 0.6) is 0 Å². The number of rotatable bonds is 6. The third-order valence-corrected chi connectivity index (χ3v) is 3.27. The van der Waals surface area contributed by atoms with Crippen molar-refractivity contribution in [2.75, 3.05) is 5.32 Å². The average Bonchev–Trinajstić information content (AvgIpc) is 2.59. The lowest BCUT2D eigenvalue weighted by Crippen LogP contribution is -2.20. The first kappa shape index (κ1) is 17.9. The number of nitrogens with zero attached hydrogens (tertiary/aromatic N) is 1. The molecule has 0 unspecified atom stereocenters. The first-order valence-corrected chi connectivity index (χ1v) is 7.51. The van der Waals surface area contributed by atoms with E-state index in [4.69, 9.17) is 0 Å². The lowest BCUT2D eigenvalue weighted by atomic mass is 10.2. The lowest BCUT2D eigenvalue weighted by Gasteiger charge is -2.03. The molecule has 7 nitrogen and oxygen atoms in total. The molecule has 0 fully saturated rings. The highest BCUT2D eigenvalue weighted by Gasteiger charge is 2.04. The maximum atomic E-state index is 11.8. The zero-order valence-electron chi connectivity index (χ0n) is 13.6. The van der Waals surface area contributed by atoms with Gasteiger partial charge in [0.25, 0.3) is 5.69 Å². The number of nitrogens with one attached hydrogen (secondary N) is 2. The van der Waals surface area contributed by atoms with Crippen molar-refractivity contribution in [3.63, 3.8) is 0 Å². The van der Waals surface area contributed by atoms with Crippen LogP contribution in [-0.4, -0.2) is 16.7 Å². The third-order valence-electron chi connectivity index (χ3n) is 3.27. The van der Waals surface area contributed by atoms with Crippen LogP contribution in [0.3, 0.4) is 0 Å². The Morgan fingerprint density at radius 1 is 1.08 bits per heavy atom. The Kier molecular flexibility index (Phi) is 6.00. The number of anilines is 1. The van der Waals surface area contributed by atoms with E-state index in [9.17, 15) is 19.7 Å². The van der Waals surface area contributed by atoms with Gasteiger partial charge >= 0.3 is 0 Å². The number of hydrogen-bond acceptors (Lipinski definition) is 4. The van der Waals surface area contributed by atoms with E-state index in [1.807, 2.05) is 0 Å². The van der Waals surface area contributed by atoms with Crippen molar-refractivity contribution in [2.24, 2.45) is 0 Å². The van der Waals surface area contributed by atoms with Crippen LogP contribution in [0.25, 0.3) is 6.08 Å².